The van der Waals surface area contributed by atoms with E-state index in [2.05, 4.69) is 22.5 Å². The van der Waals surface area contributed by atoms with E-state index in [0.717, 1.165) is 40.9 Å². The van der Waals surface area contributed by atoms with E-state index in [1.54, 1.807) is 30.3 Å². The Labute approximate surface area is 212 Å². The van der Waals surface area contributed by atoms with Gasteiger partial charge in [-0.25, -0.2) is 22.7 Å². The Morgan fingerprint density at radius 2 is 1.78 bits per heavy atom. The fourth-order valence-corrected chi connectivity index (χ4v) is 5.09. The van der Waals surface area contributed by atoms with Crippen molar-refractivity contribution in [2.45, 2.75) is 37.0 Å². The van der Waals surface area contributed by atoms with Crippen LogP contribution < -0.4 is 5.48 Å². The molecule has 1 aromatic heterocycles. The molecule has 0 spiro atoms. The number of rotatable bonds is 9. The Bertz CT molecular complexity index is 1290. The summed E-state index contributed by atoms with van der Waals surface area (Å²) in [5.41, 5.74) is 6.07. The molecule has 8 nitrogen and oxygen atoms in total. The van der Waals surface area contributed by atoms with Crippen molar-refractivity contribution >= 4 is 22.0 Å². The molecular weight excluding hydrogens is 478 g/mol. The SMILES string of the molecule is CN(C)Cc1ccc(-c2ccc(S(=O)(=O)n3ccc(C=CC(=O)NOC4CCCCO4)c3)cc2)cc1. The Kier molecular flexibility index (Phi) is 8.37. The molecular formula is C27H31N3O5S. The lowest BCUT2D eigenvalue weighted by molar-refractivity contribution is -0.198. The van der Waals surface area contributed by atoms with E-state index in [0.29, 0.717) is 12.2 Å². The summed E-state index contributed by atoms with van der Waals surface area (Å²) in [5, 5.41) is 0. The van der Waals surface area contributed by atoms with Gasteiger partial charge in [0.2, 0.25) is 0 Å². The number of hydrogen-bond donors (Lipinski definition) is 1. The topological polar surface area (TPSA) is 89.9 Å². The molecule has 0 radical (unpaired) electrons. The molecule has 0 bridgehead atoms. The summed E-state index contributed by atoms with van der Waals surface area (Å²) in [7, 11) is 0.285. The van der Waals surface area contributed by atoms with Gasteiger partial charge >= 0.3 is 0 Å². The number of ether oxygens (including phenoxy) is 1. The van der Waals surface area contributed by atoms with Crippen molar-refractivity contribution in [1.82, 2.24) is 14.4 Å². The monoisotopic (exact) mass is 509 g/mol. The molecule has 1 N–H and O–H groups in total. The average Bonchev–Trinajstić information content (AvgIpc) is 3.37. The molecule has 2 aromatic carbocycles. The molecule has 0 aliphatic carbocycles. The second-order valence-corrected chi connectivity index (χ2v) is 10.8. The Morgan fingerprint density at radius 1 is 1.08 bits per heavy atom. The first kappa shape index (κ1) is 25.8. The zero-order valence-corrected chi connectivity index (χ0v) is 21.3. The maximum absolute atomic E-state index is 13.1. The van der Waals surface area contributed by atoms with Crippen molar-refractivity contribution in [3.8, 4) is 11.1 Å². The Morgan fingerprint density at radius 3 is 2.42 bits per heavy atom. The largest absolute Gasteiger partial charge is 0.350 e. The quantitative estimate of drug-likeness (QED) is 0.346. The van der Waals surface area contributed by atoms with Crippen molar-refractivity contribution < 1.29 is 22.8 Å². The highest BCUT2D eigenvalue weighted by atomic mass is 32.2. The van der Waals surface area contributed by atoms with Crippen molar-refractivity contribution in [1.29, 1.82) is 0 Å². The first-order chi connectivity index (χ1) is 17.3. The molecule has 36 heavy (non-hydrogen) atoms. The first-order valence-corrected chi connectivity index (χ1v) is 13.3. The number of hydroxylamine groups is 1. The number of benzene rings is 2. The normalized spacial score (nSPS) is 16.5. The van der Waals surface area contributed by atoms with Crippen molar-refractivity contribution in [2.75, 3.05) is 20.7 Å². The Hall–Kier alpha value is -3.24. The van der Waals surface area contributed by atoms with E-state index >= 15 is 0 Å². The van der Waals surface area contributed by atoms with Gasteiger partial charge in [0.05, 0.1) is 4.90 Å². The van der Waals surface area contributed by atoms with E-state index in [-0.39, 0.29) is 4.90 Å². The molecule has 190 valence electrons. The zero-order valence-electron chi connectivity index (χ0n) is 20.5. The summed E-state index contributed by atoms with van der Waals surface area (Å²) in [6, 6.07) is 16.7. The second kappa shape index (κ2) is 11.7. The number of nitrogens with zero attached hydrogens (tertiary/aromatic N) is 2. The molecule has 2 heterocycles. The van der Waals surface area contributed by atoms with Crippen LogP contribution in [0.25, 0.3) is 17.2 Å². The van der Waals surface area contributed by atoms with E-state index in [1.807, 2.05) is 26.2 Å². The van der Waals surface area contributed by atoms with Crippen LogP contribution in [0.1, 0.15) is 30.4 Å². The third-order valence-corrected chi connectivity index (χ3v) is 7.41. The average molecular weight is 510 g/mol. The van der Waals surface area contributed by atoms with Crippen LogP contribution in [-0.4, -0.2) is 50.2 Å². The van der Waals surface area contributed by atoms with Crippen LogP contribution in [0.2, 0.25) is 0 Å². The van der Waals surface area contributed by atoms with Crippen LogP contribution in [-0.2, 0) is 30.9 Å². The zero-order chi connectivity index (χ0) is 25.5. The minimum Gasteiger partial charge on any atom is -0.350 e. The fourth-order valence-electron chi connectivity index (χ4n) is 3.88. The summed E-state index contributed by atoms with van der Waals surface area (Å²) in [6.07, 6.45) is 8.00. The van der Waals surface area contributed by atoms with Crippen LogP contribution >= 0.6 is 0 Å². The third kappa shape index (κ3) is 6.70. The molecule has 1 aliphatic rings. The van der Waals surface area contributed by atoms with E-state index in [4.69, 9.17) is 9.57 Å². The highest BCUT2D eigenvalue weighted by Gasteiger charge is 2.17. The molecule has 1 unspecified atom stereocenters. The van der Waals surface area contributed by atoms with Gasteiger partial charge < -0.3 is 9.64 Å². The van der Waals surface area contributed by atoms with Gasteiger partial charge in [0.1, 0.15) is 0 Å². The third-order valence-electron chi connectivity index (χ3n) is 5.76. The fraction of sp³-hybridized carbons (Fsp3) is 0.296. The minimum absolute atomic E-state index is 0.181. The van der Waals surface area contributed by atoms with Gasteiger partial charge in [-0.1, -0.05) is 36.4 Å². The van der Waals surface area contributed by atoms with Crippen molar-refractivity contribution in [2.24, 2.45) is 0 Å². The van der Waals surface area contributed by atoms with Crippen LogP contribution in [0.4, 0.5) is 0 Å². The lowest BCUT2D eigenvalue weighted by Gasteiger charge is -2.21. The van der Waals surface area contributed by atoms with Gasteiger partial charge in [0, 0.05) is 38.0 Å². The van der Waals surface area contributed by atoms with Gasteiger partial charge in [0.15, 0.2) is 6.29 Å². The summed E-state index contributed by atoms with van der Waals surface area (Å²) in [5.74, 6) is -0.454. The molecule has 4 rings (SSSR count). The smallest absolute Gasteiger partial charge is 0.267 e. The van der Waals surface area contributed by atoms with Crippen LogP contribution in [0.15, 0.2) is 78.0 Å². The van der Waals surface area contributed by atoms with Crippen LogP contribution in [0, 0.1) is 0 Å². The maximum atomic E-state index is 13.1. The lowest BCUT2D eigenvalue weighted by atomic mass is 10.0. The lowest BCUT2D eigenvalue weighted by Crippen LogP contribution is -2.32. The number of carbonyl (C=O) groups is 1. The number of aromatic nitrogens is 1. The number of amides is 1. The van der Waals surface area contributed by atoms with Gasteiger partial charge in [0.25, 0.3) is 15.9 Å². The molecule has 1 aliphatic heterocycles. The standard InChI is InChI=1S/C27H31N3O5S/c1-29(2)19-21-6-9-23(10-7-21)24-11-13-25(14-12-24)36(32,33)30-17-16-22(20-30)8-15-26(31)28-35-27-5-3-4-18-34-27/h6-17,20,27H,3-5,18-19H2,1-2H3,(H,28,31). The van der Waals surface area contributed by atoms with E-state index in [1.165, 1.54) is 30.1 Å². The Balaban J connectivity index is 1.38. The predicted molar refractivity (Wildman–Crippen MR) is 138 cm³/mol. The van der Waals surface area contributed by atoms with Gasteiger partial charge in [-0.05, 0) is 73.5 Å². The van der Waals surface area contributed by atoms with Gasteiger partial charge in [-0.2, -0.15) is 0 Å². The molecule has 1 saturated heterocycles. The summed E-state index contributed by atoms with van der Waals surface area (Å²) < 4.78 is 32.7. The highest BCUT2D eigenvalue weighted by Crippen LogP contribution is 2.24. The summed E-state index contributed by atoms with van der Waals surface area (Å²) >= 11 is 0. The van der Waals surface area contributed by atoms with Crippen molar-refractivity contribution in [3.63, 3.8) is 0 Å². The van der Waals surface area contributed by atoms with E-state index < -0.39 is 22.2 Å². The van der Waals surface area contributed by atoms with E-state index in [9.17, 15) is 13.2 Å². The number of hydrogen-bond acceptors (Lipinski definition) is 6. The van der Waals surface area contributed by atoms with Gasteiger partial charge in [-0.3, -0.25) is 4.79 Å². The maximum Gasteiger partial charge on any atom is 0.267 e. The predicted octanol–water partition coefficient (Wildman–Crippen LogP) is 4.04. The second-order valence-electron chi connectivity index (χ2n) is 8.95. The van der Waals surface area contributed by atoms with Crippen LogP contribution in [0.3, 0.4) is 0 Å². The molecule has 3 aromatic rings. The molecule has 1 amide bonds. The highest BCUT2D eigenvalue weighted by molar-refractivity contribution is 7.90. The van der Waals surface area contributed by atoms with Crippen molar-refractivity contribution in [3.05, 3.63) is 84.2 Å². The van der Waals surface area contributed by atoms with Crippen LogP contribution in [0.5, 0.6) is 0 Å². The first-order valence-electron chi connectivity index (χ1n) is 11.8. The molecule has 0 saturated carbocycles. The molecule has 1 fully saturated rings. The molecule has 9 heteroatoms. The summed E-state index contributed by atoms with van der Waals surface area (Å²) in [6.45, 7) is 1.48. The number of nitrogens with one attached hydrogen (secondary N) is 1. The summed E-state index contributed by atoms with van der Waals surface area (Å²) in [4.78, 5) is 19.5. The van der Waals surface area contributed by atoms with Gasteiger partial charge in [-0.15, -0.1) is 0 Å². The number of carbonyl (C=O) groups excluding carboxylic acids is 1. The minimum atomic E-state index is -3.77. The molecule has 1 atom stereocenters.